The van der Waals surface area contributed by atoms with Crippen LogP contribution in [0, 0.1) is 0 Å². The topological polar surface area (TPSA) is 127 Å². The first-order valence-corrected chi connectivity index (χ1v) is 7.89. The average Bonchev–Trinajstić information content (AvgIpc) is 2.95. The molecule has 0 saturated carbocycles. The molecule has 0 aliphatic heterocycles. The lowest BCUT2D eigenvalue weighted by Gasteiger charge is -1.99. The third-order valence-electron chi connectivity index (χ3n) is 3.21. The number of hydrogen-bond donors (Lipinski definition) is 2. The van der Waals surface area contributed by atoms with Crippen molar-refractivity contribution in [1.29, 1.82) is 0 Å². The number of nitrogens with one attached hydrogen (secondary N) is 1. The molecule has 10 nitrogen and oxygen atoms in total. The van der Waals surface area contributed by atoms with Gasteiger partial charge >= 0.3 is 18.1 Å². The molecule has 0 saturated heterocycles. The molecular formula is C15H19F3N5O5+. The Bertz CT molecular complexity index is 866. The molecular weight excluding hydrogens is 387 g/mol. The summed E-state index contributed by atoms with van der Waals surface area (Å²) >= 11 is 0. The Morgan fingerprint density at radius 2 is 2.00 bits per heavy atom. The van der Waals surface area contributed by atoms with Crippen LogP contribution < -0.4 is 10.00 Å². The number of rotatable bonds is 5. The zero-order valence-corrected chi connectivity index (χ0v) is 15.3. The maximum atomic E-state index is 11.9. The highest BCUT2D eigenvalue weighted by Crippen LogP contribution is 2.15. The number of carboxylic acids is 1. The summed E-state index contributed by atoms with van der Waals surface area (Å²) in [4.78, 5) is 31.9. The molecule has 13 heteroatoms. The molecule has 0 aliphatic carbocycles. The number of alkyl halides is 3. The Balaban J connectivity index is 0.000000416. The first kappa shape index (κ1) is 22.8. The maximum Gasteiger partial charge on any atom is 0.490 e. The number of halogens is 3. The monoisotopic (exact) mass is 406 g/mol. The van der Waals surface area contributed by atoms with Crippen molar-refractivity contribution in [1.82, 2.24) is 20.2 Å². The maximum absolute atomic E-state index is 11.9. The summed E-state index contributed by atoms with van der Waals surface area (Å²) in [6.07, 6.45) is -3.21. The quantitative estimate of drug-likeness (QED) is 0.536. The van der Waals surface area contributed by atoms with Crippen molar-refractivity contribution in [3.63, 3.8) is 0 Å². The Morgan fingerprint density at radius 3 is 2.46 bits per heavy atom. The van der Waals surface area contributed by atoms with Gasteiger partial charge in [-0.2, -0.15) is 18.3 Å². The number of nitrogens with zero attached hydrogens (tertiary/aromatic N) is 4. The van der Waals surface area contributed by atoms with Crippen molar-refractivity contribution in [3.8, 4) is 0 Å². The molecule has 2 N–H and O–H groups in total. The van der Waals surface area contributed by atoms with Crippen LogP contribution >= 0.6 is 0 Å². The van der Waals surface area contributed by atoms with E-state index in [9.17, 15) is 27.6 Å². The second kappa shape index (κ2) is 9.62. The van der Waals surface area contributed by atoms with Crippen molar-refractivity contribution >= 4 is 28.9 Å². The molecule has 0 unspecified atom stereocenters. The van der Waals surface area contributed by atoms with Crippen LogP contribution in [0.25, 0.3) is 11.0 Å². The number of aliphatic carboxylic acids is 1. The number of amides is 1. The SMILES string of the molecule is CCNC(=O)c1nn(C)c2n[n+](CCC(=O)O)ccc12.COC(=O)C(F)(F)F. The Labute approximate surface area is 156 Å². The number of fused-ring (bicyclic) bond motifs is 1. The highest BCUT2D eigenvalue weighted by molar-refractivity contribution is 6.03. The molecule has 1 amide bonds. The lowest BCUT2D eigenvalue weighted by molar-refractivity contribution is -0.750. The molecule has 0 aliphatic rings. The fourth-order valence-electron chi connectivity index (χ4n) is 1.98. The van der Waals surface area contributed by atoms with Crippen LogP contribution in [0.4, 0.5) is 13.2 Å². The molecule has 2 aromatic heterocycles. The van der Waals surface area contributed by atoms with Crippen molar-refractivity contribution in [3.05, 3.63) is 18.0 Å². The minimum Gasteiger partial charge on any atom is -0.481 e. The van der Waals surface area contributed by atoms with Gasteiger partial charge in [-0.15, -0.1) is 0 Å². The molecule has 0 spiro atoms. The van der Waals surface area contributed by atoms with E-state index >= 15 is 0 Å². The number of ether oxygens (including phenoxy) is 1. The first-order chi connectivity index (χ1) is 13.0. The zero-order chi connectivity index (χ0) is 21.5. The van der Waals surface area contributed by atoms with Gasteiger partial charge in [0.2, 0.25) is 5.65 Å². The molecule has 0 aromatic carbocycles. The summed E-state index contributed by atoms with van der Waals surface area (Å²) in [6, 6.07) is 1.72. The number of carboxylic acid groups (broad SMARTS) is 1. The minimum absolute atomic E-state index is 0.00972. The van der Waals surface area contributed by atoms with Crippen LogP contribution in [0.5, 0.6) is 0 Å². The van der Waals surface area contributed by atoms with Gasteiger partial charge in [0.05, 0.1) is 12.5 Å². The van der Waals surface area contributed by atoms with Gasteiger partial charge in [-0.25, -0.2) is 9.48 Å². The van der Waals surface area contributed by atoms with Crippen LogP contribution in [0.3, 0.4) is 0 Å². The molecule has 154 valence electrons. The normalized spacial score (nSPS) is 10.8. The molecule has 0 radical (unpaired) electrons. The van der Waals surface area contributed by atoms with E-state index in [-0.39, 0.29) is 18.9 Å². The van der Waals surface area contributed by atoms with Crippen LogP contribution in [-0.4, -0.2) is 57.7 Å². The highest BCUT2D eigenvalue weighted by Gasteiger charge is 2.40. The lowest BCUT2D eigenvalue weighted by Crippen LogP contribution is -2.38. The largest absolute Gasteiger partial charge is 0.490 e. The van der Waals surface area contributed by atoms with E-state index in [0.29, 0.717) is 30.4 Å². The third-order valence-corrected chi connectivity index (χ3v) is 3.21. The van der Waals surface area contributed by atoms with E-state index in [1.54, 1.807) is 19.3 Å². The van der Waals surface area contributed by atoms with Gasteiger partial charge in [0.1, 0.15) is 6.42 Å². The molecule has 2 heterocycles. The second-order valence-electron chi connectivity index (χ2n) is 5.28. The number of carbonyl (C=O) groups is 3. The average molecular weight is 406 g/mol. The first-order valence-electron chi connectivity index (χ1n) is 7.89. The Morgan fingerprint density at radius 1 is 1.36 bits per heavy atom. The number of methoxy groups -OCH3 is 1. The summed E-state index contributed by atoms with van der Waals surface area (Å²) in [7, 11) is 2.37. The summed E-state index contributed by atoms with van der Waals surface area (Å²) < 4.78 is 39.3. The van der Waals surface area contributed by atoms with E-state index in [1.807, 2.05) is 6.92 Å². The van der Waals surface area contributed by atoms with Gasteiger partial charge < -0.3 is 15.2 Å². The fraction of sp³-hybridized carbons (Fsp3) is 0.467. The predicted octanol–water partition coefficient (Wildman–Crippen LogP) is 0.202. The smallest absolute Gasteiger partial charge is 0.481 e. The van der Waals surface area contributed by atoms with Gasteiger partial charge in [-0.05, 0) is 6.92 Å². The van der Waals surface area contributed by atoms with Crippen molar-refractivity contribution in [2.24, 2.45) is 7.05 Å². The van der Waals surface area contributed by atoms with Gasteiger partial charge in [-0.1, -0.05) is 4.68 Å². The molecule has 2 aromatic rings. The van der Waals surface area contributed by atoms with Crippen molar-refractivity contribution < 1.29 is 42.1 Å². The predicted molar refractivity (Wildman–Crippen MR) is 87.0 cm³/mol. The van der Waals surface area contributed by atoms with Crippen molar-refractivity contribution in [2.75, 3.05) is 13.7 Å². The third kappa shape index (κ3) is 6.17. The van der Waals surface area contributed by atoms with E-state index < -0.39 is 18.1 Å². The fourth-order valence-corrected chi connectivity index (χ4v) is 1.98. The lowest BCUT2D eigenvalue weighted by atomic mass is 10.2. The van der Waals surface area contributed by atoms with E-state index in [4.69, 9.17) is 5.11 Å². The summed E-state index contributed by atoms with van der Waals surface area (Å²) in [5.41, 5.74) is 0.862. The molecule has 28 heavy (non-hydrogen) atoms. The van der Waals surface area contributed by atoms with Crippen molar-refractivity contribution in [2.45, 2.75) is 26.1 Å². The van der Waals surface area contributed by atoms with E-state index in [0.717, 1.165) is 0 Å². The summed E-state index contributed by atoms with van der Waals surface area (Å²) in [6.45, 7) is 2.63. The number of hydrogen-bond acceptors (Lipinski definition) is 6. The van der Waals surface area contributed by atoms with Crippen LogP contribution in [0.2, 0.25) is 0 Å². The standard InChI is InChI=1S/C12H15N5O3.C3H3F3O2/c1-3-13-12(20)10-8-4-6-17(7-5-9(18)19)15-11(8)16(2)14-10;1-8-2(7)3(4,5)6/h4,6H,3,5,7H2,1-2H3,(H-,13,18,19,20);1H3/p+1. The second-order valence-corrected chi connectivity index (χ2v) is 5.28. The molecule has 0 fully saturated rings. The molecule has 2 rings (SSSR count). The zero-order valence-electron chi connectivity index (χ0n) is 15.3. The highest BCUT2D eigenvalue weighted by atomic mass is 19.4. The van der Waals surface area contributed by atoms with E-state index in [2.05, 4.69) is 20.3 Å². The Hall–Kier alpha value is -3.25. The van der Waals surface area contributed by atoms with Gasteiger partial charge in [0.15, 0.2) is 18.4 Å². The minimum atomic E-state index is -4.85. The summed E-state index contributed by atoms with van der Waals surface area (Å²) in [5, 5.41) is 20.4. The summed E-state index contributed by atoms with van der Waals surface area (Å²) in [5.74, 6) is -3.30. The van der Waals surface area contributed by atoms with E-state index in [1.165, 1.54) is 9.36 Å². The van der Waals surface area contributed by atoms with Gasteiger partial charge in [-0.3, -0.25) is 9.59 Å². The number of aryl methyl sites for hydroxylation is 2. The number of esters is 1. The Kier molecular flexibility index (Phi) is 7.83. The van der Waals surface area contributed by atoms with Crippen LogP contribution in [-0.2, 0) is 27.9 Å². The van der Waals surface area contributed by atoms with Crippen LogP contribution in [0.15, 0.2) is 12.3 Å². The van der Waals surface area contributed by atoms with Gasteiger partial charge in [0, 0.05) is 24.8 Å². The number of aromatic nitrogens is 4. The van der Waals surface area contributed by atoms with Gasteiger partial charge in [0.25, 0.3) is 5.91 Å². The molecule has 0 bridgehead atoms. The molecule has 0 atom stereocenters. The van der Waals surface area contributed by atoms with Crippen LogP contribution in [0.1, 0.15) is 23.8 Å². The number of carbonyl (C=O) groups excluding carboxylic acids is 2.